The normalized spacial score (nSPS) is 11.1. The van der Waals surface area contributed by atoms with Gasteiger partial charge in [0.1, 0.15) is 5.78 Å². The van der Waals surface area contributed by atoms with Crippen LogP contribution in [0.2, 0.25) is 0 Å². The molecule has 0 spiro atoms. The van der Waals surface area contributed by atoms with Crippen molar-refractivity contribution in [3.05, 3.63) is 6.92 Å². The molecular formula is C24H47O. The van der Waals surface area contributed by atoms with Crippen molar-refractivity contribution in [1.29, 1.82) is 0 Å². The average Bonchev–Trinajstić information content (AvgIpc) is 2.62. The Labute approximate surface area is 159 Å². The van der Waals surface area contributed by atoms with E-state index in [1.54, 1.807) is 0 Å². The highest BCUT2D eigenvalue weighted by atomic mass is 16.1. The summed E-state index contributed by atoms with van der Waals surface area (Å²) < 4.78 is 0. The molecule has 0 fully saturated rings. The smallest absolute Gasteiger partial charge is 0.132 e. The molecule has 25 heavy (non-hydrogen) atoms. The lowest BCUT2D eigenvalue weighted by Gasteiger charge is -2.03. The molecule has 0 heterocycles. The summed E-state index contributed by atoms with van der Waals surface area (Å²) in [6.07, 6.45) is 26.7. The van der Waals surface area contributed by atoms with Crippen molar-refractivity contribution in [3.63, 3.8) is 0 Å². The zero-order valence-corrected chi connectivity index (χ0v) is 17.5. The molecule has 0 aromatic carbocycles. The second kappa shape index (κ2) is 21.7. The standard InChI is InChI=1S/C24H47O/c1-3-5-7-9-11-12-13-14-15-17-19-21-23-24(25)22-20-18-16-10-8-6-4-2/h2-23H2,1H3. The van der Waals surface area contributed by atoms with Crippen LogP contribution in [0, 0.1) is 6.92 Å². The molecule has 0 N–H and O–H groups in total. The van der Waals surface area contributed by atoms with Crippen LogP contribution in [-0.2, 0) is 4.79 Å². The fraction of sp³-hybridized carbons (Fsp3) is 0.917. The Bertz CT molecular complexity index is 259. The van der Waals surface area contributed by atoms with Gasteiger partial charge in [-0.15, -0.1) is 0 Å². The number of hydrogen-bond acceptors (Lipinski definition) is 1. The van der Waals surface area contributed by atoms with E-state index in [1.165, 1.54) is 103 Å². The molecule has 0 saturated heterocycles. The lowest BCUT2D eigenvalue weighted by atomic mass is 10.0. The molecule has 0 atom stereocenters. The van der Waals surface area contributed by atoms with E-state index in [2.05, 4.69) is 13.8 Å². The van der Waals surface area contributed by atoms with Gasteiger partial charge in [-0.3, -0.25) is 4.79 Å². The maximum atomic E-state index is 11.9. The Hall–Kier alpha value is -0.330. The number of unbranched alkanes of at least 4 members (excludes halogenated alkanes) is 17. The van der Waals surface area contributed by atoms with Gasteiger partial charge in [0.25, 0.3) is 0 Å². The van der Waals surface area contributed by atoms with E-state index in [-0.39, 0.29) is 0 Å². The van der Waals surface area contributed by atoms with Gasteiger partial charge >= 0.3 is 0 Å². The maximum Gasteiger partial charge on any atom is 0.132 e. The van der Waals surface area contributed by atoms with Gasteiger partial charge in [0, 0.05) is 12.8 Å². The third-order valence-corrected chi connectivity index (χ3v) is 5.26. The van der Waals surface area contributed by atoms with Crippen LogP contribution in [0.25, 0.3) is 0 Å². The van der Waals surface area contributed by atoms with Crippen molar-refractivity contribution in [1.82, 2.24) is 0 Å². The molecule has 0 unspecified atom stereocenters. The van der Waals surface area contributed by atoms with E-state index >= 15 is 0 Å². The largest absolute Gasteiger partial charge is 0.300 e. The van der Waals surface area contributed by atoms with Gasteiger partial charge < -0.3 is 0 Å². The van der Waals surface area contributed by atoms with E-state index < -0.39 is 0 Å². The molecule has 1 heteroatoms. The monoisotopic (exact) mass is 351 g/mol. The SMILES string of the molecule is [CH2]CCCCCCCCC(=O)CCCCCCCCCCCCCC. The minimum absolute atomic E-state index is 0.504. The highest BCUT2D eigenvalue weighted by Gasteiger charge is 2.02. The Morgan fingerprint density at radius 3 is 1.20 bits per heavy atom. The van der Waals surface area contributed by atoms with Gasteiger partial charge in [-0.25, -0.2) is 0 Å². The summed E-state index contributed by atoms with van der Waals surface area (Å²) in [4.78, 5) is 11.9. The average molecular weight is 352 g/mol. The van der Waals surface area contributed by atoms with E-state index in [4.69, 9.17) is 0 Å². The quantitative estimate of drug-likeness (QED) is 0.189. The molecule has 0 aliphatic carbocycles. The Balaban J connectivity index is 3.12. The lowest BCUT2D eigenvalue weighted by molar-refractivity contribution is -0.119. The van der Waals surface area contributed by atoms with Crippen molar-refractivity contribution < 1.29 is 4.79 Å². The molecule has 0 aromatic heterocycles. The van der Waals surface area contributed by atoms with Gasteiger partial charge in [0.2, 0.25) is 0 Å². The third kappa shape index (κ3) is 21.6. The summed E-state index contributed by atoms with van der Waals surface area (Å²) in [5, 5.41) is 0. The topological polar surface area (TPSA) is 17.1 Å². The van der Waals surface area contributed by atoms with Gasteiger partial charge in [-0.2, -0.15) is 0 Å². The van der Waals surface area contributed by atoms with Crippen LogP contribution in [0.5, 0.6) is 0 Å². The van der Waals surface area contributed by atoms with Crippen LogP contribution in [0.3, 0.4) is 0 Å². The molecular weight excluding hydrogens is 304 g/mol. The van der Waals surface area contributed by atoms with Crippen LogP contribution < -0.4 is 0 Å². The first-order valence-corrected chi connectivity index (χ1v) is 11.6. The number of carbonyl (C=O) groups excluding carboxylic acids is 1. The summed E-state index contributed by atoms with van der Waals surface area (Å²) in [5.41, 5.74) is 0. The van der Waals surface area contributed by atoms with Gasteiger partial charge in [-0.1, -0.05) is 123 Å². The Morgan fingerprint density at radius 2 is 0.840 bits per heavy atom. The van der Waals surface area contributed by atoms with E-state index in [9.17, 15) is 4.79 Å². The Kier molecular flexibility index (Phi) is 21.4. The molecule has 0 aliphatic rings. The second-order valence-electron chi connectivity index (χ2n) is 7.90. The van der Waals surface area contributed by atoms with Crippen LogP contribution in [0.4, 0.5) is 0 Å². The number of carbonyl (C=O) groups is 1. The van der Waals surface area contributed by atoms with Gasteiger partial charge in [0.05, 0.1) is 0 Å². The number of ketones is 1. The zero-order valence-electron chi connectivity index (χ0n) is 17.5. The van der Waals surface area contributed by atoms with Crippen LogP contribution in [0.1, 0.15) is 142 Å². The summed E-state index contributed by atoms with van der Waals surface area (Å²) in [7, 11) is 0. The summed E-state index contributed by atoms with van der Waals surface area (Å²) in [6.45, 7) is 6.15. The first-order valence-electron chi connectivity index (χ1n) is 11.6. The first kappa shape index (κ1) is 24.7. The third-order valence-electron chi connectivity index (χ3n) is 5.26. The minimum atomic E-state index is 0.504. The van der Waals surface area contributed by atoms with E-state index in [0.29, 0.717) is 5.78 Å². The molecule has 1 radical (unpaired) electrons. The predicted molar refractivity (Wildman–Crippen MR) is 113 cm³/mol. The first-order chi connectivity index (χ1) is 12.3. The molecule has 0 bridgehead atoms. The molecule has 0 amide bonds. The van der Waals surface area contributed by atoms with Gasteiger partial charge in [0.15, 0.2) is 0 Å². The second-order valence-corrected chi connectivity index (χ2v) is 7.90. The minimum Gasteiger partial charge on any atom is -0.300 e. The molecule has 0 saturated carbocycles. The molecule has 149 valence electrons. The van der Waals surface area contributed by atoms with Crippen LogP contribution in [0.15, 0.2) is 0 Å². The van der Waals surface area contributed by atoms with E-state index in [1.807, 2.05) is 0 Å². The van der Waals surface area contributed by atoms with Crippen molar-refractivity contribution in [2.24, 2.45) is 0 Å². The highest BCUT2D eigenvalue weighted by molar-refractivity contribution is 5.78. The van der Waals surface area contributed by atoms with Crippen molar-refractivity contribution in [2.75, 3.05) is 0 Å². The maximum absolute atomic E-state index is 11.9. The Morgan fingerprint density at radius 1 is 0.520 bits per heavy atom. The number of rotatable bonds is 21. The zero-order chi connectivity index (χ0) is 18.4. The summed E-state index contributed by atoms with van der Waals surface area (Å²) in [6, 6.07) is 0. The predicted octanol–water partition coefficient (Wildman–Crippen LogP) is 8.60. The lowest BCUT2D eigenvalue weighted by Crippen LogP contribution is -1.97. The molecule has 0 aliphatic heterocycles. The number of hydrogen-bond donors (Lipinski definition) is 0. The highest BCUT2D eigenvalue weighted by Crippen LogP contribution is 2.14. The van der Waals surface area contributed by atoms with Crippen molar-refractivity contribution >= 4 is 5.78 Å². The summed E-state index contributed by atoms with van der Waals surface area (Å²) in [5.74, 6) is 0.504. The van der Waals surface area contributed by atoms with Crippen molar-refractivity contribution in [3.8, 4) is 0 Å². The fourth-order valence-corrected chi connectivity index (χ4v) is 3.49. The summed E-state index contributed by atoms with van der Waals surface area (Å²) >= 11 is 0. The van der Waals surface area contributed by atoms with Gasteiger partial charge in [-0.05, 0) is 12.8 Å². The molecule has 0 rings (SSSR count). The fourth-order valence-electron chi connectivity index (χ4n) is 3.49. The van der Waals surface area contributed by atoms with Crippen LogP contribution >= 0.6 is 0 Å². The molecule has 1 nitrogen and oxygen atoms in total. The van der Waals surface area contributed by atoms with Crippen molar-refractivity contribution in [2.45, 2.75) is 142 Å². The van der Waals surface area contributed by atoms with Crippen LogP contribution in [-0.4, -0.2) is 5.78 Å². The molecule has 0 aromatic rings. The number of Topliss-reactive ketones (excluding diaryl/α,β-unsaturated/α-hetero) is 1. The van der Waals surface area contributed by atoms with E-state index in [0.717, 1.165) is 32.1 Å².